The molecule has 0 saturated carbocycles. The number of nitrogens with one attached hydrogen (secondary N) is 2. The molecule has 2 rings (SSSR count). The van der Waals surface area contributed by atoms with Crippen molar-refractivity contribution in [2.45, 2.75) is 19.8 Å². The zero-order valence-corrected chi connectivity index (χ0v) is 12.0. The van der Waals surface area contributed by atoms with Crippen molar-refractivity contribution in [2.75, 3.05) is 0 Å². The molecule has 1 heterocycles. The summed E-state index contributed by atoms with van der Waals surface area (Å²) in [5.74, 6) is -1.21. The van der Waals surface area contributed by atoms with Gasteiger partial charge in [0.15, 0.2) is 0 Å². The van der Waals surface area contributed by atoms with Crippen LogP contribution in [0.1, 0.15) is 27.9 Å². The van der Waals surface area contributed by atoms with Gasteiger partial charge in [-0.25, -0.2) is 4.39 Å². The largest absolute Gasteiger partial charge is 0.283 e. The number of hydrazine groups is 1. The number of halogens is 1. The molecule has 8 heteroatoms. The van der Waals surface area contributed by atoms with Gasteiger partial charge >= 0.3 is 0 Å². The van der Waals surface area contributed by atoms with Crippen LogP contribution >= 0.6 is 11.5 Å². The summed E-state index contributed by atoms with van der Waals surface area (Å²) < 4.78 is 16.4. The zero-order valence-electron chi connectivity index (χ0n) is 11.2. The smallest absolute Gasteiger partial charge is 0.273 e. The maximum atomic E-state index is 12.7. The molecule has 0 saturated heterocycles. The van der Waals surface area contributed by atoms with Crippen LogP contribution < -0.4 is 10.9 Å². The van der Waals surface area contributed by atoms with E-state index in [1.165, 1.54) is 24.3 Å². The van der Waals surface area contributed by atoms with Crippen LogP contribution in [0.4, 0.5) is 4.39 Å². The second-order valence-corrected chi connectivity index (χ2v) is 4.96. The highest BCUT2D eigenvalue weighted by Gasteiger charge is 2.15. The Balaban J connectivity index is 1.86. The van der Waals surface area contributed by atoms with Crippen LogP contribution in [0.2, 0.25) is 0 Å². The fourth-order valence-electron chi connectivity index (χ4n) is 1.63. The van der Waals surface area contributed by atoms with Gasteiger partial charge < -0.3 is 0 Å². The second-order valence-electron chi connectivity index (χ2n) is 4.21. The number of benzene rings is 1. The number of amides is 2. The lowest BCUT2D eigenvalue weighted by Gasteiger charge is -2.06. The molecule has 0 radical (unpaired) electrons. The first-order valence-corrected chi connectivity index (χ1v) is 7.02. The Morgan fingerprint density at radius 1 is 1.24 bits per heavy atom. The fraction of sp³-hybridized carbons (Fsp3) is 0.231. The normalized spacial score (nSPS) is 10.2. The fourth-order valence-corrected chi connectivity index (χ4v) is 2.27. The van der Waals surface area contributed by atoms with E-state index in [0.29, 0.717) is 22.6 Å². The zero-order chi connectivity index (χ0) is 15.2. The van der Waals surface area contributed by atoms with E-state index in [9.17, 15) is 14.0 Å². The Hall–Kier alpha value is -2.35. The van der Waals surface area contributed by atoms with Crippen LogP contribution in [0.5, 0.6) is 0 Å². The molecule has 21 heavy (non-hydrogen) atoms. The van der Waals surface area contributed by atoms with Gasteiger partial charge in [-0.15, -0.1) is 5.10 Å². The molecule has 0 unspecified atom stereocenters. The van der Waals surface area contributed by atoms with E-state index < -0.39 is 11.8 Å². The number of rotatable bonds is 4. The number of aryl methyl sites for hydroxylation is 1. The van der Waals surface area contributed by atoms with Crippen LogP contribution in [0.15, 0.2) is 24.3 Å². The summed E-state index contributed by atoms with van der Waals surface area (Å²) >= 11 is 0.973. The quantitative estimate of drug-likeness (QED) is 0.833. The lowest BCUT2D eigenvalue weighted by molar-refractivity contribution is -0.121. The molecule has 0 aliphatic heterocycles. The molecule has 2 aromatic rings. The van der Waals surface area contributed by atoms with Crippen LogP contribution in [-0.2, 0) is 17.6 Å². The van der Waals surface area contributed by atoms with E-state index in [0.717, 1.165) is 11.5 Å². The molecule has 0 spiro atoms. The number of aromatic nitrogens is 2. The van der Waals surface area contributed by atoms with Crippen molar-refractivity contribution < 1.29 is 14.0 Å². The Bertz CT molecular complexity index is 642. The number of carbonyl (C=O) groups excluding carboxylic acids is 2. The molecular weight excluding hydrogens is 295 g/mol. The Labute approximate surface area is 124 Å². The van der Waals surface area contributed by atoms with Crippen molar-refractivity contribution in [3.8, 4) is 0 Å². The van der Waals surface area contributed by atoms with Gasteiger partial charge in [0.05, 0.1) is 12.1 Å². The monoisotopic (exact) mass is 308 g/mol. The summed E-state index contributed by atoms with van der Waals surface area (Å²) in [5, 5.41) is 3.82. The molecule has 1 aromatic carbocycles. The SMILES string of the molecule is CCc1nnsc1C(=O)NNC(=O)Cc1ccc(F)cc1. The lowest BCUT2D eigenvalue weighted by Crippen LogP contribution is -2.42. The van der Waals surface area contributed by atoms with E-state index in [-0.39, 0.29) is 12.2 Å². The predicted octanol–water partition coefficient (Wildman–Crippen LogP) is 1.24. The minimum atomic E-state index is -0.450. The van der Waals surface area contributed by atoms with Crippen molar-refractivity contribution >= 4 is 23.3 Å². The highest BCUT2D eigenvalue weighted by atomic mass is 32.1. The highest BCUT2D eigenvalue weighted by Crippen LogP contribution is 2.10. The summed E-state index contributed by atoms with van der Waals surface area (Å²) in [5.41, 5.74) is 5.85. The van der Waals surface area contributed by atoms with E-state index in [4.69, 9.17) is 0 Å². The maximum absolute atomic E-state index is 12.7. The van der Waals surface area contributed by atoms with Gasteiger partial charge in [0.25, 0.3) is 5.91 Å². The molecule has 0 bridgehead atoms. The predicted molar refractivity (Wildman–Crippen MR) is 75.0 cm³/mol. The van der Waals surface area contributed by atoms with E-state index in [1.54, 1.807) is 0 Å². The molecule has 110 valence electrons. The van der Waals surface area contributed by atoms with Gasteiger partial charge in [0, 0.05) is 0 Å². The van der Waals surface area contributed by atoms with Crippen LogP contribution in [-0.4, -0.2) is 21.4 Å². The van der Waals surface area contributed by atoms with E-state index in [2.05, 4.69) is 20.4 Å². The molecule has 1 aromatic heterocycles. The summed E-state index contributed by atoms with van der Waals surface area (Å²) in [6, 6.07) is 5.58. The van der Waals surface area contributed by atoms with Crippen molar-refractivity contribution in [1.29, 1.82) is 0 Å². The number of carbonyl (C=O) groups is 2. The minimum absolute atomic E-state index is 0.0438. The number of nitrogens with zero attached hydrogens (tertiary/aromatic N) is 2. The molecule has 0 aliphatic carbocycles. The highest BCUT2D eigenvalue weighted by molar-refractivity contribution is 7.08. The van der Waals surface area contributed by atoms with Crippen molar-refractivity contribution in [2.24, 2.45) is 0 Å². The average molecular weight is 308 g/mol. The van der Waals surface area contributed by atoms with Gasteiger partial charge in [-0.2, -0.15) is 0 Å². The van der Waals surface area contributed by atoms with Gasteiger partial charge in [-0.1, -0.05) is 23.5 Å². The summed E-state index contributed by atoms with van der Waals surface area (Å²) in [6.07, 6.45) is 0.630. The first-order chi connectivity index (χ1) is 10.1. The Kier molecular flexibility index (Phi) is 4.94. The third-order valence-electron chi connectivity index (χ3n) is 2.69. The van der Waals surface area contributed by atoms with Gasteiger partial charge in [0.1, 0.15) is 10.7 Å². The maximum Gasteiger partial charge on any atom is 0.283 e. The standard InChI is InChI=1S/C13H13FN4O2S/c1-2-10-12(21-18-15-10)13(20)17-16-11(19)7-8-3-5-9(14)6-4-8/h3-6H,2,7H2,1H3,(H,16,19)(H,17,20). The molecular formula is C13H13FN4O2S. The molecule has 0 fully saturated rings. The molecule has 2 amide bonds. The third kappa shape index (κ3) is 4.06. The van der Waals surface area contributed by atoms with Crippen molar-refractivity contribution in [1.82, 2.24) is 20.4 Å². The second kappa shape index (κ2) is 6.89. The third-order valence-corrected chi connectivity index (χ3v) is 3.46. The Morgan fingerprint density at radius 2 is 1.95 bits per heavy atom. The van der Waals surface area contributed by atoms with Gasteiger partial charge in [-0.3, -0.25) is 20.4 Å². The van der Waals surface area contributed by atoms with E-state index in [1.807, 2.05) is 6.92 Å². The van der Waals surface area contributed by atoms with Crippen LogP contribution in [0.3, 0.4) is 0 Å². The number of hydrogen-bond acceptors (Lipinski definition) is 5. The molecule has 2 N–H and O–H groups in total. The van der Waals surface area contributed by atoms with E-state index >= 15 is 0 Å². The van der Waals surface area contributed by atoms with Gasteiger partial charge in [0.2, 0.25) is 5.91 Å². The lowest BCUT2D eigenvalue weighted by atomic mass is 10.1. The van der Waals surface area contributed by atoms with Gasteiger partial charge in [-0.05, 0) is 35.6 Å². The van der Waals surface area contributed by atoms with Crippen molar-refractivity contribution in [3.63, 3.8) is 0 Å². The summed E-state index contributed by atoms with van der Waals surface area (Å²) in [7, 11) is 0. The summed E-state index contributed by atoms with van der Waals surface area (Å²) in [6.45, 7) is 1.86. The molecule has 0 atom stereocenters. The first kappa shape index (κ1) is 15.0. The Morgan fingerprint density at radius 3 is 2.62 bits per heavy atom. The van der Waals surface area contributed by atoms with Crippen LogP contribution in [0, 0.1) is 5.82 Å². The number of hydrogen-bond donors (Lipinski definition) is 2. The molecule has 6 nitrogen and oxygen atoms in total. The summed E-state index contributed by atoms with van der Waals surface area (Å²) in [4.78, 5) is 23.9. The topological polar surface area (TPSA) is 84.0 Å². The van der Waals surface area contributed by atoms with Crippen LogP contribution in [0.25, 0.3) is 0 Å². The van der Waals surface area contributed by atoms with Crippen molar-refractivity contribution in [3.05, 3.63) is 46.2 Å². The average Bonchev–Trinajstić information content (AvgIpc) is 2.96. The first-order valence-electron chi connectivity index (χ1n) is 6.25. The molecule has 0 aliphatic rings. The minimum Gasteiger partial charge on any atom is -0.273 e.